The number of carbonyl (C=O) groups excluding carboxylic acids is 1. The lowest BCUT2D eigenvalue weighted by atomic mass is 10.1. The van der Waals surface area contributed by atoms with E-state index in [0.29, 0.717) is 12.2 Å². The molecule has 5 heteroatoms. The Kier molecular flexibility index (Phi) is 3.90. The Bertz CT molecular complexity index is 526. The maximum atomic E-state index is 12.4. The summed E-state index contributed by atoms with van der Waals surface area (Å²) >= 11 is 0. The van der Waals surface area contributed by atoms with Crippen molar-refractivity contribution < 1.29 is 9.53 Å². The number of hydrogen-bond donors (Lipinski definition) is 1. The van der Waals surface area contributed by atoms with Crippen LogP contribution >= 0.6 is 0 Å². The Balaban J connectivity index is 1.79. The molecule has 1 atom stereocenters. The van der Waals surface area contributed by atoms with Crippen molar-refractivity contribution in [1.29, 1.82) is 0 Å². The van der Waals surface area contributed by atoms with Gasteiger partial charge < -0.3 is 20.3 Å². The summed E-state index contributed by atoms with van der Waals surface area (Å²) in [6, 6.07) is 5.67. The molecule has 0 aliphatic carbocycles. The number of nitrogens with two attached hydrogens (primary N) is 1. The molecular weight excluding hydrogens is 266 g/mol. The molecule has 3 rings (SSSR count). The number of anilines is 2. The van der Waals surface area contributed by atoms with Gasteiger partial charge in [-0.15, -0.1) is 0 Å². The van der Waals surface area contributed by atoms with Gasteiger partial charge in [0.2, 0.25) is 5.91 Å². The van der Waals surface area contributed by atoms with Crippen LogP contribution in [-0.4, -0.2) is 43.1 Å². The summed E-state index contributed by atoms with van der Waals surface area (Å²) in [7, 11) is 0. The highest BCUT2D eigenvalue weighted by Gasteiger charge is 2.28. The fourth-order valence-electron chi connectivity index (χ4n) is 3.04. The second-order valence-corrected chi connectivity index (χ2v) is 5.84. The molecule has 0 spiro atoms. The van der Waals surface area contributed by atoms with Crippen molar-refractivity contribution in [2.24, 2.45) is 0 Å². The summed E-state index contributed by atoms with van der Waals surface area (Å²) in [6.07, 6.45) is 3.28. The second kappa shape index (κ2) is 5.84. The Morgan fingerprint density at radius 2 is 2.14 bits per heavy atom. The van der Waals surface area contributed by atoms with Gasteiger partial charge in [0, 0.05) is 24.8 Å². The van der Waals surface area contributed by atoms with E-state index in [0.717, 1.165) is 50.3 Å². The zero-order valence-corrected chi connectivity index (χ0v) is 12.5. The van der Waals surface area contributed by atoms with E-state index in [2.05, 4.69) is 11.8 Å². The lowest BCUT2D eigenvalue weighted by Gasteiger charge is -2.36. The van der Waals surface area contributed by atoms with E-state index in [-0.39, 0.29) is 12.0 Å². The molecule has 5 nitrogen and oxygen atoms in total. The van der Waals surface area contributed by atoms with Crippen molar-refractivity contribution in [3.63, 3.8) is 0 Å². The van der Waals surface area contributed by atoms with Gasteiger partial charge in [0.1, 0.15) is 11.9 Å². The molecule has 2 heterocycles. The fraction of sp³-hybridized carbons (Fsp3) is 0.562. The number of rotatable bonds is 3. The first-order valence-corrected chi connectivity index (χ1v) is 7.76. The van der Waals surface area contributed by atoms with Gasteiger partial charge in [0.25, 0.3) is 0 Å². The molecule has 0 radical (unpaired) electrons. The quantitative estimate of drug-likeness (QED) is 0.863. The van der Waals surface area contributed by atoms with Crippen molar-refractivity contribution in [2.45, 2.75) is 32.3 Å². The summed E-state index contributed by atoms with van der Waals surface area (Å²) in [5, 5.41) is 0. The van der Waals surface area contributed by atoms with Gasteiger partial charge in [-0.25, -0.2) is 0 Å². The molecule has 2 N–H and O–H groups in total. The van der Waals surface area contributed by atoms with Crippen molar-refractivity contribution in [3.05, 3.63) is 18.2 Å². The van der Waals surface area contributed by atoms with Gasteiger partial charge in [-0.1, -0.05) is 6.92 Å². The molecule has 2 aliphatic heterocycles. The minimum Gasteiger partial charge on any atom is -0.486 e. The summed E-state index contributed by atoms with van der Waals surface area (Å²) in [5.74, 6) is 1.01. The molecule has 0 aromatic heterocycles. The standard InChI is InChI=1S/C16H23N3O2/c1-2-13-10-19(11-16(20)18-7-3-4-8-18)14-6-5-12(17)9-15(14)21-13/h5-6,9,13H,2-4,7-8,10-11,17H2,1H3. The number of benzene rings is 1. The third kappa shape index (κ3) is 2.91. The van der Waals surface area contributed by atoms with Crippen LogP contribution in [0.4, 0.5) is 11.4 Å². The van der Waals surface area contributed by atoms with Crippen molar-refractivity contribution in [1.82, 2.24) is 4.90 Å². The Hall–Kier alpha value is -1.91. The molecule has 21 heavy (non-hydrogen) atoms. The zero-order chi connectivity index (χ0) is 14.8. The van der Waals surface area contributed by atoms with Crippen LogP contribution in [0.5, 0.6) is 5.75 Å². The predicted molar refractivity (Wildman–Crippen MR) is 83.6 cm³/mol. The highest BCUT2D eigenvalue weighted by molar-refractivity contribution is 5.83. The van der Waals surface area contributed by atoms with Crippen LogP contribution in [0.15, 0.2) is 18.2 Å². The van der Waals surface area contributed by atoms with Crippen LogP contribution in [0.1, 0.15) is 26.2 Å². The molecule has 1 amide bonds. The van der Waals surface area contributed by atoms with E-state index in [9.17, 15) is 4.79 Å². The lowest BCUT2D eigenvalue weighted by molar-refractivity contribution is -0.128. The molecule has 1 saturated heterocycles. The van der Waals surface area contributed by atoms with E-state index in [1.807, 2.05) is 23.1 Å². The number of amides is 1. The summed E-state index contributed by atoms with van der Waals surface area (Å²) in [5.41, 5.74) is 7.51. The number of likely N-dealkylation sites (tertiary alicyclic amines) is 1. The molecule has 1 aromatic rings. The first-order valence-electron chi connectivity index (χ1n) is 7.76. The van der Waals surface area contributed by atoms with Crippen LogP contribution in [0.2, 0.25) is 0 Å². The molecule has 114 valence electrons. The van der Waals surface area contributed by atoms with Crippen LogP contribution in [-0.2, 0) is 4.79 Å². The summed E-state index contributed by atoms with van der Waals surface area (Å²) < 4.78 is 5.95. The normalized spacial score (nSPS) is 21.1. The first kappa shape index (κ1) is 14.0. The van der Waals surface area contributed by atoms with Crippen LogP contribution < -0.4 is 15.4 Å². The third-order valence-corrected chi connectivity index (χ3v) is 4.28. The Morgan fingerprint density at radius 1 is 1.38 bits per heavy atom. The van der Waals surface area contributed by atoms with Gasteiger partial charge >= 0.3 is 0 Å². The van der Waals surface area contributed by atoms with Crippen molar-refractivity contribution >= 4 is 17.3 Å². The largest absolute Gasteiger partial charge is 0.486 e. The Labute approximate surface area is 125 Å². The molecule has 1 aromatic carbocycles. The number of nitrogens with zero attached hydrogens (tertiary/aromatic N) is 2. The highest BCUT2D eigenvalue weighted by Crippen LogP contribution is 2.35. The molecule has 2 aliphatic rings. The Morgan fingerprint density at radius 3 is 2.86 bits per heavy atom. The first-order chi connectivity index (χ1) is 10.2. The van der Waals surface area contributed by atoms with Gasteiger partial charge in [-0.2, -0.15) is 0 Å². The van der Waals surface area contributed by atoms with E-state index in [1.54, 1.807) is 0 Å². The smallest absolute Gasteiger partial charge is 0.242 e. The average molecular weight is 289 g/mol. The lowest BCUT2D eigenvalue weighted by Crippen LogP contribution is -2.45. The number of nitrogen functional groups attached to an aromatic ring is 1. The molecule has 1 fully saturated rings. The maximum absolute atomic E-state index is 12.4. The minimum atomic E-state index is 0.116. The second-order valence-electron chi connectivity index (χ2n) is 5.84. The van der Waals surface area contributed by atoms with Gasteiger partial charge in [0.05, 0.1) is 18.8 Å². The molecular formula is C16H23N3O2. The SMILES string of the molecule is CCC1CN(CC(=O)N2CCCC2)c2ccc(N)cc2O1. The fourth-order valence-corrected chi connectivity index (χ4v) is 3.04. The number of carbonyl (C=O) groups is 1. The van der Waals surface area contributed by atoms with Crippen LogP contribution in [0, 0.1) is 0 Å². The third-order valence-electron chi connectivity index (χ3n) is 4.28. The number of fused-ring (bicyclic) bond motifs is 1. The number of ether oxygens (including phenoxy) is 1. The van der Waals surface area contributed by atoms with E-state index < -0.39 is 0 Å². The summed E-state index contributed by atoms with van der Waals surface area (Å²) in [6.45, 7) is 5.08. The maximum Gasteiger partial charge on any atom is 0.242 e. The van der Waals surface area contributed by atoms with E-state index >= 15 is 0 Å². The van der Waals surface area contributed by atoms with Gasteiger partial charge in [-0.05, 0) is 31.4 Å². The van der Waals surface area contributed by atoms with Crippen LogP contribution in [0.25, 0.3) is 0 Å². The highest BCUT2D eigenvalue weighted by atomic mass is 16.5. The number of hydrogen-bond acceptors (Lipinski definition) is 4. The van der Waals surface area contributed by atoms with Crippen LogP contribution in [0.3, 0.4) is 0 Å². The van der Waals surface area contributed by atoms with Gasteiger partial charge in [0.15, 0.2) is 0 Å². The average Bonchev–Trinajstić information content (AvgIpc) is 3.00. The molecule has 0 saturated carbocycles. The van der Waals surface area contributed by atoms with Crippen molar-refractivity contribution in [3.8, 4) is 5.75 Å². The zero-order valence-electron chi connectivity index (χ0n) is 12.5. The topological polar surface area (TPSA) is 58.8 Å². The predicted octanol–water partition coefficient (Wildman–Crippen LogP) is 1.87. The van der Waals surface area contributed by atoms with E-state index in [4.69, 9.17) is 10.5 Å². The monoisotopic (exact) mass is 289 g/mol. The van der Waals surface area contributed by atoms with E-state index in [1.165, 1.54) is 0 Å². The van der Waals surface area contributed by atoms with Gasteiger partial charge in [-0.3, -0.25) is 4.79 Å². The summed E-state index contributed by atoms with van der Waals surface area (Å²) in [4.78, 5) is 16.5. The van der Waals surface area contributed by atoms with Crippen molar-refractivity contribution in [2.75, 3.05) is 36.8 Å². The molecule has 1 unspecified atom stereocenters. The minimum absolute atomic E-state index is 0.116. The molecule has 0 bridgehead atoms.